The number of nitrogens with one attached hydrogen (secondary N) is 2. The molecule has 9 heteroatoms. The van der Waals surface area contributed by atoms with Crippen molar-refractivity contribution in [3.63, 3.8) is 0 Å². The highest BCUT2D eigenvalue weighted by atomic mass is 16.5. The molecule has 2 amide bonds. The first kappa shape index (κ1) is 41.5. The molecule has 0 aliphatic carbocycles. The van der Waals surface area contributed by atoms with Gasteiger partial charge in [-0.05, 0) is 70.3 Å². The van der Waals surface area contributed by atoms with Crippen LogP contribution in [0.25, 0.3) is 0 Å². The van der Waals surface area contributed by atoms with Gasteiger partial charge in [-0.15, -0.1) is 0 Å². The molecule has 0 saturated carbocycles. The van der Waals surface area contributed by atoms with E-state index < -0.39 is 24.5 Å². The maximum Gasteiger partial charge on any atom is 0.328 e. The van der Waals surface area contributed by atoms with Crippen molar-refractivity contribution >= 4 is 23.8 Å². The Morgan fingerprint density at radius 1 is 0.711 bits per heavy atom. The molecule has 0 rings (SSSR count). The molecule has 0 aromatic carbocycles. The van der Waals surface area contributed by atoms with Crippen molar-refractivity contribution in [2.45, 2.75) is 129 Å². The van der Waals surface area contributed by atoms with E-state index in [0.717, 1.165) is 70.6 Å². The lowest BCUT2D eigenvalue weighted by atomic mass is 10.1. The number of carbonyl (C=O) groups excluding carboxylic acids is 3. The number of amides is 2. The smallest absolute Gasteiger partial charge is 0.328 e. The quantitative estimate of drug-likeness (QED) is 0.0431. The van der Waals surface area contributed by atoms with Gasteiger partial charge in [-0.2, -0.15) is 0 Å². The topological polar surface area (TPSA) is 142 Å². The zero-order valence-corrected chi connectivity index (χ0v) is 27.6. The van der Waals surface area contributed by atoms with Gasteiger partial charge in [0.25, 0.3) is 0 Å². The molecule has 0 aliphatic rings. The molecule has 254 valence electrons. The molecule has 0 fully saturated rings. The van der Waals surface area contributed by atoms with Gasteiger partial charge in [-0.1, -0.05) is 94.2 Å². The van der Waals surface area contributed by atoms with Crippen LogP contribution in [0.2, 0.25) is 0 Å². The van der Waals surface area contributed by atoms with Crippen LogP contribution < -0.4 is 10.6 Å². The Hall–Kier alpha value is -3.46. The summed E-state index contributed by atoms with van der Waals surface area (Å²) in [6.07, 6.45) is 34.3. The van der Waals surface area contributed by atoms with Crippen molar-refractivity contribution in [3.05, 3.63) is 60.8 Å². The third-order valence-electron chi connectivity index (χ3n) is 6.75. The molecule has 45 heavy (non-hydrogen) atoms. The van der Waals surface area contributed by atoms with E-state index in [0.29, 0.717) is 19.3 Å². The second kappa shape index (κ2) is 30.6. The van der Waals surface area contributed by atoms with Gasteiger partial charge in [-0.3, -0.25) is 14.4 Å². The molecule has 0 spiro atoms. The Labute approximate surface area is 271 Å². The van der Waals surface area contributed by atoms with Gasteiger partial charge < -0.3 is 25.6 Å². The zero-order chi connectivity index (χ0) is 33.4. The summed E-state index contributed by atoms with van der Waals surface area (Å²) >= 11 is 0. The zero-order valence-electron chi connectivity index (χ0n) is 27.6. The third-order valence-corrected chi connectivity index (χ3v) is 6.75. The minimum absolute atomic E-state index is 0.199. The summed E-state index contributed by atoms with van der Waals surface area (Å²) in [5, 5.41) is 22.4. The van der Waals surface area contributed by atoms with Crippen LogP contribution >= 0.6 is 0 Å². The maximum atomic E-state index is 12.5. The monoisotopic (exact) mass is 630 g/mol. The van der Waals surface area contributed by atoms with Crippen LogP contribution in [0, 0.1) is 0 Å². The Kier molecular flexibility index (Phi) is 28.2. The number of carboxylic acids is 1. The van der Waals surface area contributed by atoms with E-state index in [2.05, 4.69) is 73.1 Å². The van der Waals surface area contributed by atoms with Gasteiger partial charge in [0.15, 0.2) is 0 Å². The number of aliphatic hydroxyl groups is 1. The Bertz CT molecular complexity index is 953. The number of rotatable bonds is 28. The largest absolute Gasteiger partial charge is 0.480 e. The summed E-state index contributed by atoms with van der Waals surface area (Å²) in [4.78, 5) is 47.1. The van der Waals surface area contributed by atoms with Gasteiger partial charge in [0.1, 0.15) is 12.1 Å². The number of carboxylic acid groups (broad SMARTS) is 1. The minimum atomic E-state index is -1.39. The number of allylic oxidation sites excluding steroid dienone is 9. The molecular weight excluding hydrogens is 572 g/mol. The van der Waals surface area contributed by atoms with Crippen molar-refractivity contribution in [3.8, 4) is 0 Å². The summed E-state index contributed by atoms with van der Waals surface area (Å²) < 4.78 is 5.77. The molecule has 0 aromatic heterocycles. The number of unbranched alkanes of at least 4 members (excludes halogenated alkanes) is 6. The van der Waals surface area contributed by atoms with Gasteiger partial charge in [-0.25, -0.2) is 4.79 Å². The van der Waals surface area contributed by atoms with Gasteiger partial charge >= 0.3 is 11.9 Å². The average molecular weight is 631 g/mol. The Balaban J connectivity index is 4.33. The molecule has 0 heterocycles. The molecule has 0 aromatic rings. The van der Waals surface area contributed by atoms with Crippen molar-refractivity contribution in [1.29, 1.82) is 0 Å². The van der Waals surface area contributed by atoms with Crippen molar-refractivity contribution < 1.29 is 34.1 Å². The van der Waals surface area contributed by atoms with Gasteiger partial charge in [0, 0.05) is 12.8 Å². The number of hydrogen-bond acceptors (Lipinski definition) is 6. The van der Waals surface area contributed by atoms with E-state index >= 15 is 0 Å². The predicted octanol–water partition coefficient (Wildman–Crippen LogP) is 6.64. The molecule has 2 atom stereocenters. The lowest BCUT2D eigenvalue weighted by Crippen LogP contribution is -2.47. The molecule has 4 N–H and O–H groups in total. The second-order valence-electron chi connectivity index (χ2n) is 10.9. The lowest BCUT2D eigenvalue weighted by Gasteiger charge is -2.14. The first-order valence-electron chi connectivity index (χ1n) is 16.7. The normalized spacial score (nSPS) is 13.3. The number of carbonyl (C=O) groups is 4. The van der Waals surface area contributed by atoms with E-state index in [4.69, 9.17) is 14.9 Å². The minimum Gasteiger partial charge on any atom is -0.480 e. The highest BCUT2D eigenvalue weighted by molar-refractivity contribution is 5.87. The lowest BCUT2D eigenvalue weighted by molar-refractivity contribution is -0.147. The standard InChI is InChI=1S/C36H58N2O7/c1-3-5-7-9-10-11-12-13-14-15-16-18-24-28-35(42)45-31(25-21-17-8-6-4-2)26-22-19-20-23-27-33(40)37-29-34(41)38-32(30-39)36(43)44/h5,7,10-11,13-14,16,18,21,25,31-32,39H,3-4,6,8-9,12,15,17,19-20,22-24,26-30H2,1-2H3,(H,37,40)(H,38,41)(H,43,44)/b7-5-,11-10-,14-13-,18-16-,25-21-. The fourth-order valence-corrected chi connectivity index (χ4v) is 4.16. The van der Waals surface area contributed by atoms with Crippen LogP contribution in [0.1, 0.15) is 117 Å². The highest BCUT2D eigenvalue weighted by Gasteiger charge is 2.18. The number of aliphatic hydroxyl groups excluding tert-OH is 1. The molecule has 9 nitrogen and oxygen atoms in total. The fraction of sp³-hybridized carbons (Fsp3) is 0.611. The SMILES string of the molecule is CC/C=C\C/C=C\C/C=C\C/C=C\CCC(=O)OC(/C=C\CCCCC)CCCCCCC(=O)NCC(=O)NC(CO)C(=O)O. The Morgan fingerprint density at radius 3 is 1.98 bits per heavy atom. The first-order valence-corrected chi connectivity index (χ1v) is 16.7. The number of esters is 1. The number of hydrogen-bond donors (Lipinski definition) is 4. The van der Waals surface area contributed by atoms with E-state index in [1.807, 2.05) is 12.2 Å². The third kappa shape index (κ3) is 27.8. The summed E-state index contributed by atoms with van der Waals surface area (Å²) in [6, 6.07) is -1.39. The van der Waals surface area contributed by atoms with E-state index in [1.165, 1.54) is 6.42 Å². The summed E-state index contributed by atoms with van der Waals surface area (Å²) in [5.41, 5.74) is 0. The van der Waals surface area contributed by atoms with E-state index in [9.17, 15) is 19.2 Å². The fourth-order valence-electron chi connectivity index (χ4n) is 4.16. The van der Waals surface area contributed by atoms with Crippen LogP contribution in [0.15, 0.2) is 60.8 Å². The first-order chi connectivity index (χ1) is 21.8. The molecule has 2 unspecified atom stereocenters. The maximum absolute atomic E-state index is 12.5. The van der Waals surface area contributed by atoms with Crippen LogP contribution in [0.5, 0.6) is 0 Å². The number of ether oxygens (including phenoxy) is 1. The van der Waals surface area contributed by atoms with Crippen molar-refractivity contribution in [2.24, 2.45) is 0 Å². The van der Waals surface area contributed by atoms with Crippen LogP contribution in [-0.2, 0) is 23.9 Å². The van der Waals surface area contributed by atoms with Crippen molar-refractivity contribution in [1.82, 2.24) is 10.6 Å². The van der Waals surface area contributed by atoms with Crippen LogP contribution in [0.3, 0.4) is 0 Å². The average Bonchev–Trinajstić information content (AvgIpc) is 3.02. The number of aliphatic carboxylic acids is 1. The van der Waals surface area contributed by atoms with Gasteiger partial charge in [0.05, 0.1) is 13.2 Å². The Morgan fingerprint density at radius 2 is 1.36 bits per heavy atom. The molecular formula is C36H58N2O7. The predicted molar refractivity (Wildman–Crippen MR) is 180 cm³/mol. The molecule has 0 saturated heterocycles. The molecule has 0 radical (unpaired) electrons. The van der Waals surface area contributed by atoms with Crippen molar-refractivity contribution in [2.75, 3.05) is 13.2 Å². The second-order valence-corrected chi connectivity index (χ2v) is 10.9. The van der Waals surface area contributed by atoms with Crippen LogP contribution in [-0.4, -0.2) is 59.3 Å². The van der Waals surface area contributed by atoms with Crippen LogP contribution in [0.4, 0.5) is 0 Å². The van der Waals surface area contributed by atoms with E-state index in [-0.39, 0.29) is 30.9 Å². The molecule has 0 bridgehead atoms. The van der Waals surface area contributed by atoms with Gasteiger partial charge in [0.2, 0.25) is 11.8 Å². The summed E-state index contributed by atoms with van der Waals surface area (Å²) in [6.45, 7) is 3.23. The summed E-state index contributed by atoms with van der Waals surface area (Å²) in [5.74, 6) is -2.51. The highest BCUT2D eigenvalue weighted by Crippen LogP contribution is 2.13. The van der Waals surface area contributed by atoms with E-state index in [1.54, 1.807) is 0 Å². The summed E-state index contributed by atoms with van der Waals surface area (Å²) in [7, 11) is 0. The molecule has 0 aliphatic heterocycles.